The number of aryl methyl sites for hydroxylation is 1. The van der Waals surface area contributed by atoms with Gasteiger partial charge in [-0.05, 0) is 48.8 Å². The summed E-state index contributed by atoms with van der Waals surface area (Å²) in [5, 5.41) is 0. The van der Waals surface area contributed by atoms with Gasteiger partial charge in [-0.2, -0.15) is 0 Å². The molecule has 0 atom stereocenters. The maximum atomic E-state index is 14.1. The molecule has 0 saturated heterocycles. The molecule has 0 amide bonds. The first kappa shape index (κ1) is 17.1. The second-order valence-corrected chi connectivity index (χ2v) is 7.31. The van der Waals surface area contributed by atoms with Crippen molar-refractivity contribution in [2.45, 2.75) is 38.7 Å². The quantitative estimate of drug-likeness (QED) is 0.663. The molecule has 1 aliphatic carbocycles. The van der Waals surface area contributed by atoms with E-state index in [2.05, 4.69) is 23.1 Å². The molecule has 2 aromatic carbocycles. The Hall–Kier alpha value is -2.36. The average Bonchev–Trinajstić information content (AvgIpc) is 3.37. The standard InChI is InChI=1S/C22H24FNO2/c23-21-13-20(9-8-17(21)5-2-12-25)26-15-19-4-1-3-18-10-11-24(22(18)19)14-16-6-7-16/h1,3-4,8-9,12-13,16H,2,5-7,10-11,14-15H2. The Labute approximate surface area is 153 Å². The molecular weight excluding hydrogens is 329 g/mol. The van der Waals surface area contributed by atoms with Gasteiger partial charge < -0.3 is 14.4 Å². The fourth-order valence-corrected chi connectivity index (χ4v) is 3.73. The summed E-state index contributed by atoms with van der Waals surface area (Å²) >= 11 is 0. The molecule has 0 aromatic heterocycles. The zero-order valence-electron chi connectivity index (χ0n) is 14.9. The van der Waals surface area contributed by atoms with Gasteiger partial charge in [-0.1, -0.05) is 24.3 Å². The van der Waals surface area contributed by atoms with E-state index in [-0.39, 0.29) is 5.82 Å². The number of anilines is 1. The van der Waals surface area contributed by atoms with Crippen LogP contribution < -0.4 is 9.64 Å². The summed E-state index contributed by atoms with van der Waals surface area (Å²) in [7, 11) is 0. The van der Waals surface area contributed by atoms with Crippen LogP contribution in [-0.4, -0.2) is 19.4 Å². The summed E-state index contributed by atoms with van der Waals surface area (Å²) in [5.41, 5.74) is 4.44. The number of hydrogen-bond donors (Lipinski definition) is 0. The average molecular weight is 353 g/mol. The number of halogens is 1. The lowest BCUT2D eigenvalue weighted by Crippen LogP contribution is -2.24. The number of nitrogens with zero attached hydrogens (tertiary/aromatic N) is 1. The predicted octanol–water partition coefficient (Wildman–Crippen LogP) is 4.31. The van der Waals surface area contributed by atoms with Gasteiger partial charge in [0.1, 0.15) is 24.5 Å². The van der Waals surface area contributed by atoms with Crippen molar-refractivity contribution in [1.29, 1.82) is 0 Å². The lowest BCUT2D eigenvalue weighted by molar-refractivity contribution is -0.107. The van der Waals surface area contributed by atoms with Crippen LogP contribution in [0, 0.1) is 11.7 Å². The van der Waals surface area contributed by atoms with Crippen LogP contribution >= 0.6 is 0 Å². The molecule has 2 aromatic rings. The number of ether oxygens (including phenoxy) is 1. The Morgan fingerprint density at radius 1 is 1.19 bits per heavy atom. The van der Waals surface area contributed by atoms with E-state index in [9.17, 15) is 9.18 Å². The van der Waals surface area contributed by atoms with Crippen LogP contribution in [0.15, 0.2) is 36.4 Å². The number of rotatable bonds is 8. The molecule has 1 aliphatic heterocycles. The molecule has 0 N–H and O–H groups in total. The zero-order valence-corrected chi connectivity index (χ0v) is 14.9. The monoisotopic (exact) mass is 353 g/mol. The Bertz CT molecular complexity index is 801. The third-order valence-electron chi connectivity index (χ3n) is 5.30. The van der Waals surface area contributed by atoms with Gasteiger partial charge in [0.05, 0.1) is 0 Å². The van der Waals surface area contributed by atoms with E-state index in [0.717, 1.165) is 31.7 Å². The normalized spacial score (nSPS) is 15.8. The number of benzene rings is 2. The van der Waals surface area contributed by atoms with Crippen LogP contribution in [0.3, 0.4) is 0 Å². The topological polar surface area (TPSA) is 29.5 Å². The number of carbonyl (C=O) groups excluding carboxylic acids is 1. The maximum Gasteiger partial charge on any atom is 0.130 e. The summed E-state index contributed by atoms with van der Waals surface area (Å²) < 4.78 is 20.0. The molecule has 0 radical (unpaired) electrons. The van der Waals surface area contributed by atoms with Crippen LogP contribution in [0.2, 0.25) is 0 Å². The fourth-order valence-electron chi connectivity index (χ4n) is 3.73. The van der Waals surface area contributed by atoms with E-state index >= 15 is 0 Å². The zero-order chi connectivity index (χ0) is 17.9. The van der Waals surface area contributed by atoms with Gasteiger partial charge in [0.25, 0.3) is 0 Å². The van der Waals surface area contributed by atoms with Crippen LogP contribution in [0.25, 0.3) is 0 Å². The highest BCUT2D eigenvalue weighted by atomic mass is 19.1. The van der Waals surface area contributed by atoms with Gasteiger partial charge in [-0.15, -0.1) is 0 Å². The predicted molar refractivity (Wildman–Crippen MR) is 100 cm³/mol. The van der Waals surface area contributed by atoms with E-state index < -0.39 is 0 Å². The molecule has 1 saturated carbocycles. The first-order valence-electron chi connectivity index (χ1n) is 9.45. The van der Waals surface area contributed by atoms with Gasteiger partial charge >= 0.3 is 0 Å². The molecule has 0 spiro atoms. The number of hydrogen-bond acceptors (Lipinski definition) is 3. The van der Waals surface area contributed by atoms with Crippen molar-refractivity contribution in [3.63, 3.8) is 0 Å². The second kappa shape index (κ2) is 7.48. The van der Waals surface area contributed by atoms with Crippen molar-refractivity contribution >= 4 is 12.0 Å². The number of carbonyl (C=O) groups is 1. The molecule has 0 unspecified atom stereocenters. The lowest BCUT2D eigenvalue weighted by atomic mass is 10.1. The van der Waals surface area contributed by atoms with Crippen molar-refractivity contribution in [1.82, 2.24) is 0 Å². The molecule has 4 heteroatoms. The number of fused-ring (bicyclic) bond motifs is 1. The van der Waals surface area contributed by atoms with Crippen LogP contribution in [0.5, 0.6) is 5.75 Å². The Kier molecular flexibility index (Phi) is 4.91. The van der Waals surface area contributed by atoms with Gasteiger partial charge in [0.15, 0.2) is 0 Å². The molecule has 136 valence electrons. The molecule has 2 aliphatic rings. The van der Waals surface area contributed by atoms with Crippen molar-refractivity contribution in [3.05, 3.63) is 58.9 Å². The van der Waals surface area contributed by atoms with E-state index in [1.807, 2.05) is 0 Å². The van der Waals surface area contributed by atoms with Gasteiger partial charge in [0, 0.05) is 36.8 Å². The molecular formula is C22H24FNO2. The minimum absolute atomic E-state index is 0.307. The summed E-state index contributed by atoms with van der Waals surface area (Å²) in [4.78, 5) is 12.9. The van der Waals surface area contributed by atoms with Crippen LogP contribution in [0.4, 0.5) is 10.1 Å². The Morgan fingerprint density at radius 2 is 2.08 bits per heavy atom. The van der Waals surface area contributed by atoms with Crippen LogP contribution in [-0.2, 0) is 24.2 Å². The largest absolute Gasteiger partial charge is 0.489 e. The third-order valence-corrected chi connectivity index (χ3v) is 5.30. The second-order valence-electron chi connectivity index (χ2n) is 7.31. The number of para-hydroxylation sites is 1. The molecule has 4 rings (SSSR count). The highest BCUT2D eigenvalue weighted by Crippen LogP contribution is 2.37. The van der Waals surface area contributed by atoms with E-state index in [4.69, 9.17) is 4.74 Å². The van der Waals surface area contributed by atoms with E-state index in [1.54, 1.807) is 12.1 Å². The summed E-state index contributed by atoms with van der Waals surface area (Å²) in [6.45, 7) is 2.67. The maximum absolute atomic E-state index is 14.1. The minimum atomic E-state index is -0.307. The first-order valence-corrected chi connectivity index (χ1v) is 9.45. The van der Waals surface area contributed by atoms with Gasteiger partial charge in [-0.25, -0.2) is 4.39 Å². The highest BCUT2D eigenvalue weighted by Gasteiger charge is 2.29. The SMILES string of the molecule is O=CCCc1ccc(OCc2cccc3c2N(CC2CC2)CC3)cc1F. The molecule has 1 fully saturated rings. The molecule has 3 nitrogen and oxygen atoms in total. The van der Waals surface area contributed by atoms with E-state index in [0.29, 0.717) is 30.8 Å². The molecule has 26 heavy (non-hydrogen) atoms. The first-order chi connectivity index (χ1) is 12.7. The van der Waals surface area contributed by atoms with Gasteiger partial charge in [0.2, 0.25) is 0 Å². The molecule has 0 bridgehead atoms. The molecule has 1 heterocycles. The summed E-state index contributed by atoms with van der Waals surface area (Å²) in [5.74, 6) is 1.07. The Balaban J connectivity index is 1.46. The minimum Gasteiger partial charge on any atom is -0.489 e. The summed E-state index contributed by atoms with van der Waals surface area (Å²) in [6, 6.07) is 11.3. The van der Waals surface area contributed by atoms with Gasteiger partial charge in [-0.3, -0.25) is 0 Å². The third kappa shape index (κ3) is 3.74. The van der Waals surface area contributed by atoms with Crippen molar-refractivity contribution in [3.8, 4) is 5.75 Å². The highest BCUT2D eigenvalue weighted by molar-refractivity contribution is 5.63. The fraction of sp³-hybridized carbons (Fsp3) is 0.409. The Morgan fingerprint density at radius 3 is 2.85 bits per heavy atom. The van der Waals surface area contributed by atoms with Crippen molar-refractivity contribution < 1.29 is 13.9 Å². The van der Waals surface area contributed by atoms with Crippen molar-refractivity contribution in [2.24, 2.45) is 5.92 Å². The smallest absolute Gasteiger partial charge is 0.130 e. The lowest BCUT2D eigenvalue weighted by Gasteiger charge is -2.22. The van der Waals surface area contributed by atoms with E-state index in [1.165, 1.54) is 35.7 Å². The number of aldehydes is 1. The summed E-state index contributed by atoms with van der Waals surface area (Å²) in [6.07, 6.45) is 5.37. The van der Waals surface area contributed by atoms with Crippen molar-refractivity contribution in [2.75, 3.05) is 18.0 Å². The van der Waals surface area contributed by atoms with Crippen LogP contribution in [0.1, 0.15) is 36.0 Å².